The fourth-order valence-electron chi connectivity index (χ4n) is 1.53. The van der Waals surface area contributed by atoms with Gasteiger partial charge in [-0.1, -0.05) is 18.2 Å². The SMILES string of the molecule is Cc1ccccc1-c1nnc(CCCN)o1. The summed E-state index contributed by atoms with van der Waals surface area (Å²) in [5, 5.41) is 8.04. The Labute approximate surface area is 94.5 Å². The van der Waals surface area contributed by atoms with E-state index in [0.717, 1.165) is 24.0 Å². The summed E-state index contributed by atoms with van der Waals surface area (Å²) in [5.74, 6) is 1.24. The first-order valence-corrected chi connectivity index (χ1v) is 5.39. The third-order valence-corrected chi connectivity index (χ3v) is 2.44. The Bertz CT molecular complexity index is 465. The molecule has 16 heavy (non-hydrogen) atoms. The van der Waals surface area contributed by atoms with Gasteiger partial charge in [0, 0.05) is 12.0 Å². The van der Waals surface area contributed by atoms with Crippen molar-refractivity contribution < 1.29 is 4.42 Å². The molecule has 0 radical (unpaired) electrons. The largest absolute Gasteiger partial charge is 0.421 e. The van der Waals surface area contributed by atoms with Gasteiger partial charge in [0.25, 0.3) is 0 Å². The first kappa shape index (κ1) is 10.8. The zero-order valence-corrected chi connectivity index (χ0v) is 9.31. The van der Waals surface area contributed by atoms with E-state index in [0.29, 0.717) is 18.3 Å². The van der Waals surface area contributed by atoms with E-state index in [2.05, 4.69) is 10.2 Å². The minimum Gasteiger partial charge on any atom is -0.421 e. The highest BCUT2D eigenvalue weighted by Crippen LogP contribution is 2.21. The van der Waals surface area contributed by atoms with Crippen LogP contribution in [0.3, 0.4) is 0 Å². The molecule has 4 heteroatoms. The van der Waals surface area contributed by atoms with Crippen LogP contribution in [0.2, 0.25) is 0 Å². The second-order valence-corrected chi connectivity index (χ2v) is 3.71. The summed E-state index contributed by atoms with van der Waals surface area (Å²) in [7, 11) is 0. The summed E-state index contributed by atoms with van der Waals surface area (Å²) in [6.07, 6.45) is 1.62. The number of aryl methyl sites for hydroxylation is 2. The first-order chi connectivity index (χ1) is 7.81. The van der Waals surface area contributed by atoms with Crippen molar-refractivity contribution in [3.63, 3.8) is 0 Å². The maximum Gasteiger partial charge on any atom is 0.247 e. The van der Waals surface area contributed by atoms with Gasteiger partial charge in [0.1, 0.15) is 0 Å². The number of rotatable bonds is 4. The van der Waals surface area contributed by atoms with Gasteiger partial charge in [-0.3, -0.25) is 0 Å². The monoisotopic (exact) mass is 217 g/mol. The van der Waals surface area contributed by atoms with Crippen molar-refractivity contribution in [2.24, 2.45) is 5.73 Å². The molecule has 0 bridgehead atoms. The highest BCUT2D eigenvalue weighted by molar-refractivity contribution is 5.57. The Hall–Kier alpha value is -1.68. The molecule has 0 aliphatic carbocycles. The van der Waals surface area contributed by atoms with Crippen LogP contribution in [-0.2, 0) is 6.42 Å². The van der Waals surface area contributed by atoms with Crippen LogP contribution in [0, 0.1) is 6.92 Å². The normalized spacial score (nSPS) is 10.6. The van der Waals surface area contributed by atoms with Crippen molar-refractivity contribution in [1.29, 1.82) is 0 Å². The van der Waals surface area contributed by atoms with Gasteiger partial charge >= 0.3 is 0 Å². The average molecular weight is 217 g/mol. The Kier molecular flexibility index (Phi) is 3.31. The Balaban J connectivity index is 2.22. The van der Waals surface area contributed by atoms with E-state index in [1.165, 1.54) is 0 Å². The zero-order chi connectivity index (χ0) is 11.4. The van der Waals surface area contributed by atoms with Gasteiger partial charge in [0.05, 0.1) is 0 Å². The molecule has 1 aromatic carbocycles. The average Bonchev–Trinajstić information content (AvgIpc) is 2.75. The van der Waals surface area contributed by atoms with Crippen molar-refractivity contribution in [2.75, 3.05) is 6.54 Å². The summed E-state index contributed by atoms with van der Waals surface area (Å²) in [6, 6.07) is 7.96. The summed E-state index contributed by atoms with van der Waals surface area (Å²) in [5.41, 5.74) is 7.56. The summed E-state index contributed by atoms with van der Waals surface area (Å²) in [6.45, 7) is 2.67. The lowest BCUT2D eigenvalue weighted by atomic mass is 10.1. The third kappa shape index (κ3) is 2.28. The van der Waals surface area contributed by atoms with Crippen molar-refractivity contribution >= 4 is 0 Å². The van der Waals surface area contributed by atoms with E-state index in [-0.39, 0.29) is 0 Å². The number of benzene rings is 1. The van der Waals surface area contributed by atoms with Gasteiger partial charge in [-0.15, -0.1) is 10.2 Å². The number of aromatic nitrogens is 2. The molecule has 0 fully saturated rings. The van der Waals surface area contributed by atoms with E-state index in [4.69, 9.17) is 10.2 Å². The molecule has 0 spiro atoms. The maximum atomic E-state index is 5.57. The number of hydrogen-bond acceptors (Lipinski definition) is 4. The van der Waals surface area contributed by atoms with Crippen LogP contribution < -0.4 is 5.73 Å². The lowest BCUT2D eigenvalue weighted by Crippen LogP contribution is -2.00. The molecule has 0 unspecified atom stereocenters. The first-order valence-electron chi connectivity index (χ1n) is 5.39. The van der Waals surface area contributed by atoms with Gasteiger partial charge in [-0.2, -0.15) is 0 Å². The van der Waals surface area contributed by atoms with Crippen LogP contribution in [-0.4, -0.2) is 16.7 Å². The minimum absolute atomic E-state index is 0.588. The smallest absolute Gasteiger partial charge is 0.247 e. The molecule has 1 aromatic heterocycles. The molecule has 0 amide bonds. The van der Waals surface area contributed by atoms with E-state index in [1.807, 2.05) is 31.2 Å². The molecule has 0 atom stereocenters. The standard InChI is InChI=1S/C12H15N3O/c1-9-5-2-3-6-10(9)12-15-14-11(16-12)7-4-8-13/h2-3,5-6H,4,7-8,13H2,1H3. The maximum absolute atomic E-state index is 5.57. The quantitative estimate of drug-likeness (QED) is 0.849. The molecule has 2 rings (SSSR count). The van der Waals surface area contributed by atoms with E-state index < -0.39 is 0 Å². The van der Waals surface area contributed by atoms with Gasteiger partial charge in [-0.25, -0.2) is 0 Å². The lowest BCUT2D eigenvalue weighted by molar-refractivity contribution is 0.498. The molecular formula is C12H15N3O. The Morgan fingerprint density at radius 3 is 2.81 bits per heavy atom. The Morgan fingerprint density at radius 2 is 2.06 bits per heavy atom. The molecule has 0 aliphatic rings. The van der Waals surface area contributed by atoms with Crippen molar-refractivity contribution in [2.45, 2.75) is 19.8 Å². The van der Waals surface area contributed by atoms with Crippen LogP contribution in [0.25, 0.3) is 11.5 Å². The summed E-state index contributed by atoms with van der Waals surface area (Å²) < 4.78 is 5.57. The fraction of sp³-hybridized carbons (Fsp3) is 0.333. The molecule has 1 heterocycles. The molecule has 0 saturated carbocycles. The van der Waals surface area contributed by atoms with Crippen LogP contribution in [0.4, 0.5) is 0 Å². The number of nitrogens with two attached hydrogens (primary N) is 1. The van der Waals surface area contributed by atoms with Crippen LogP contribution in [0.1, 0.15) is 17.9 Å². The topological polar surface area (TPSA) is 64.9 Å². The van der Waals surface area contributed by atoms with Crippen molar-refractivity contribution in [1.82, 2.24) is 10.2 Å². The predicted octanol–water partition coefficient (Wildman–Crippen LogP) is 1.94. The van der Waals surface area contributed by atoms with E-state index >= 15 is 0 Å². The van der Waals surface area contributed by atoms with Gasteiger partial charge < -0.3 is 10.2 Å². The second-order valence-electron chi connectivity index (χ2n) is 3.71. The summed E-state index contributed by atoms with van der Waals surface area (Å²) in [4.78, 5) is 0. The predicted molar refractivity (Wildman–Crippen MR) is 61.8 cm³/mol. The minimum atomic E-state index is 0.588. The molecule has 4 nitrogen and oxygen atoms in total. The van der Waals surface area contributed by atoms with Gasteiger partial charge in [0.15, 0.2) is 0 Å². The number of hydrogen-bond donors (Lipinski definition) is 1. The number of nitrogens with zero attached hydrogens (tertiary/aromatic N) is 2. The zero-order valence-electron chi connectivity index (χ0n) is 9.31. The van der Waals surface area contributed by atoms with E-state index in [1.54, 1.807) is 0 Å². The lowest BCUT2D eigenvalue weighted by Gasteiger charge is -1.98. The van der Waals surface area contributed by atoms with E-state index in [9.17, 15) is 0 Å². The van der Waals surface area contributed by atoms with Crippen LogP contribution in [0.15, 0.2) is 28.7 Å². The summed E-state index contributed by atoms with van der Waals surface area (Å²) >= 11 is 0. The van der Waals surface area contributed by atoms with Gasteiger partial charge in [-0.05, 0) is 31.5 Å². The van der Waals surface area contributed by atoms with Crippen molar-refractivity contribution in [3.8, 4) is 11.5 Å². The molecule has 2 aromatic rings. The van der Waals surface area contributed by atoms with Crippen molar-refractivity contribution in [3.05, 3.63) is 35.7 Å². The molecule has 2 N–H and O–H groups in total. The molecule has 0 aliphatic heterocycles. The fourth-order valence-corrected chi connectivity index (χ4v) is 1.53. The highest BCUT2D eigenvalue weighted by atomic mass is 16.4. The second kappa shape index (κ2) is 4.90. The van der Waals surface area contributed by atoms with Crippen LogP contribution >= 0.6 is 0 Å². The third-order valence-electron chi connectivity index (χ3n) is 2.44. The molecular weight excluding hydrogens is 202 g/mol. The highest BCUT2D eigenvalue weighted by Gasteiger charge is 2.09. The van der Waals surface area contributed by atoms with Gasteiger partial charge in [0.2, 0.25) is 11.8 Å². The Morgan fingerprint density at radius 1 is 1.25 bits per heavy atom. The van der Waals surface area contributed by atoms with Crippen LogP contribution in [0.5, 0.6) is 0 Å². The molecule has 84 valence electrons. The molecule has 0 saturated heterocycles.